The summed E-state index contributed by atoms with van der Waals surface area (Å²) in [5.74, 6) is 0. The van der Waals surface area contributed by atoms with Crippen LogP contribution in [0.25, 0.3) is 0 Å². The molecule has 0 amide bonds. The first-order valence-corrected chi connectivity index (χ1v) is 11.0. The monoisotopic (exact) mass is 340 g/mol. The van der Waals surface area contributed by atoms with E-state index in [1.165, 1.54) is 0 Å². The molecule has 0 rings (SSSR count). The summed E-state index contributed by atoms with van der Waals surface area (Å²) >= 11 is 4.10. The van der Waals surface area contributed by atoms with E-state index in [-0.39, 0.29) is 14.9 Å². The van der Waals surface area contributed by atoms with Gasteiger partial charge in [-0.15, -0.1) is 0 Å². The van der Waals surface area contributed by atoms with E-state index < -0.39 is 0 Å². The minimum atomic E-state index is -0.363. The molecule has 0 saturated heterocycles. The molecule has 0 radical (unpaired) electrons. The van der Waals surface area contributed by atoms with Gasteiger partial charge in [-0.1, -0.05) is 0 Å². The molecule has 0 aliphatic rings. The van der Waals surface area contributed by atoms with Crippen LogP contribution in [-0.2, 0) is 32.1 Å². The van der Waals surface area contributed by atoms with Crippen molar-refractivity contribution in [3.63, 3.8) is 0 Å². The van der Waals surface area contributed by atoms with Gasteiger partial charge in [0.15, 0.2) is 0 Å². The molecule has 0 heterocycles. The Kier molecular flexibility index (Phi) is 33.5. The van der Waals surface area contributed by atoms with Crippen molar-refractivity contribution in [2.75, 3.05) is 0 Å². The number of hydrogen-bond donors (Lipinski definition) is 0. The molecular formula is Mo2S2Se. The molecule has 0 nitrogen and oxygen atoms in total. The molecule has 0 fully saturated rings. The molecule has 0 saturated carbocycles. The number of hydrogen-bond acceptors (Lipinski definition) is 2. The second kappa shape index (κ2) is 16.2. The molecule has 0 aromatic rings. The van der Waals surface area contributed by atoms with Gasteiger partial charge in [-0.05, 0) is 0 Å². The minimum absolute atomic E-state index is 0.363. The van der Waals surface area contributed by atoms with E-state index in [1.807, 2.05) is 17.2 Å². The first-order chi connectivity index (χ1) is 2.41. The van der Waals surface area contributed by atoms with Crippen LogP contribution in [0, 0.1) is 0 Å². The van der Waals surface area contributed by atoms with E-state index in [9.17, 15) is 0 Å². The van der Waals surface area contributed by atoms with Crippen LogP contribution < -0.4 is 0 Å². The summed E-state index contributed by atoms with van der Waals surface area (Å²) in [5.41, 5.74) is 0. The van der Waals surface area contributed by atoms with E-state index in [4.69, 9.17) is 0 Å². The van der Waals surface area contributed by atoms with Crippen molar-refractivity contribution in [2.45, 2.75) is 0 Å². The van der Waals surface area contributed by atoms with Crippen molar-refractivity contribution >= 4 is 32.5 Å². The van der Waals surface area contributed by atoms with E-state index in [2.05, 4.69) is 32.5 Å². The Balaban J connectivity index is 0. The molecule has 0 spiro atoms. The van der Waals surface area contributed by atoms with Crippen molar-refractivity contribution in [3.8, 4) is 0 Å². The summed E-state index contributed by atoms with van der Waals surface area (Å²) in [5, 5.41) is 0. The average Bonchev–Trinajstić information content (AvgIpc) is 1.46. The van der Waals surface area contributed by atoms with Gasteiger partial charge in [-0.2, -0.15) is 0 Å². The maximum atomic E-state index is 4.34. The molecule has 0 aromatic heterocycles. The standard InChI is InChI=1S/2Mo.2S.Se. The summed E-state index contributed by atoms with van der Waals surface area (Å²) in [4.78, 5) is 0. The van der Waals surface area contributed by atoms with Crippen molar-refractivity contribution in [2.24, 2.45) is 0 Å². The Morgan fingerprint density at radius 1 is 1.40 bits per heavy atom. The predicted molar refractivity (Wildman–Crippen MR) is 20.9 cm³/mol. The van der Waals surface area contributed by atoms with Crippen molar-refractivity contribution in [1.82, 2.24) is 0 Å². The molecule has 0 N–H and O–H groups in total. The number of rotatable bonds is 0. The maximum absolute atomic E-state index is 4.34. The quantitative estimate of drug-likeness (QED) is 0.604. The van der Waals surface area contributed by atoms with Gasteiger partial charge in [0.2, 0.25) is 0 Å². The Morgan fingerprint density at radius 2 is 1.40 bits per heavy atom. The van der Waals surface area contributed by atoms with E-state index in [1.54, 1.807) is 0 Å². The topological polar surface area (TPSA) is 0 Å². The first kappa shape index (κ1) is 10.3. The fraction of sp³-hybridized carbons (Fsp3) is 0. The molecule has 0 unspecified atom stereocenters. The van der Waals surface area contributed by atoms with Gasteiger partial charge in [0.1, 0.15) is 0 Å². The SMILES string of the molecule is [S]=[Mo]=[S].[Se]=[Mo]. The molecule has 0 aliphatic carbocycles. The predicted octanol–water partition coefficient (Wildman–Crippen LogP) is 0.911. The summed E-state index contributed by atoms with van der Waals surface area (Å²) in [6.07, 6.45) is 0. The Morgan fingerprint density at radius 3 is 1.40 bits per heavy atom. The van der Waals surface area contributed by atoms with Crippen LogP contribution in [0.5, 0.6) is 0 Å². The molecule has 0 atom stereocenters. The Labute approximate surface area is 63.5 Å². The zero-order valence-electron chi connectivity index (χ0n) is 2.04. The zero-order valence-corrected chi connectivity index (χ0v) is 9.40. The molecule has 30 valence electrons. The van der Waals surface area contributed by atoms with E-state index in [0.717, 1.165) is 0 Å². The molecule has 0 aromatic carbocycles. The molecule has 5 heteroatoms. The summed E-state index contributed by atoms with van der Waals surface area (Å²) < 4.78 is 0. The van der Waals surface area contributed by atoms with Crippen LogP contribution in [0.1, 0.15) is 0 Å². The third-order valence-electron chi connectivity index (χ3n) is 0. The average molecular weight is 335 g/mol. The van der Waals surface area contributed by atoms with Gasteiger partial charge in [0, 0.05) is 0 Å². The Hall–Kier alpha value is 2.34. The second-order valence-corrected chi connectivity index (χ2v) is 3.62. The van der Waals surface area contributed by atoms with Gasteiger partial charge in [0.25, 0.3) is 0 Å². The fourth-order valence-corrected chi connectivity index (χ4v) is 0. The van der Waals surface area contributed by atoms with Crippen molar-refractivity contribution in [3.05, 3.63) is 0 Å². The molecule has 0 aliphatic heterocycles. The zero-order chi connectivity index (χ0) is 4.71. The molecule has 0 bridgehead atoms. The van der Waals surface area contributed by atoms with Crippen LogP contribution in [0.3, 0.4) is 0 Å². The first-order valence-electron chi connectivity index (χ1n) is 0.500. The fourth-order valence-electron chi connectivity index (χ4n) is 0. The van der Waals surface area contributed by atoms with Gasteiger partial charge in [-0.25, -0.2) is 0 Å². The van der Waals surface area contributed by atoms with Crippen LogP contribution >= 0.6 is 19.6 Å². The van der Waals surface area contributed by atoms with Gasteiger partial charge >= 0.3 is 64.6 Å². The Bertz CT molecular complexity index is 36.9. The van der Waals surface area contributed by atoms with E-state index in [0.29, 0.717) is 0 Å². The third-order valence-corrected chi connectivity index (χ3v) is 0. The van der Waals surface area contributed by atoms with E-state index >= 15 is 0 Å². The molecular weight excluding hydrogens is 335 g/mol. The van der Waals surface area contributed by atoms with Crippen molar-refractivity contribution < 1.29 is 32.1 Å². The van der Waals surface area contributed by atoms with Gasteiger partial charge in [-0.3, -0.25) is 0 Å². The van der Waals surface area contributed by atoms with Crippen LogP contribution in [0.2, 0.25) is 0 Å². The van der Waals surface area contributed by atoms with Crippen LogP contribution in [-0.4, -0.2) is 12.8 Å². The van der Waals surface area contributed by atoms with Gasteiger partial charge in [0.05, 0.1) is 0 Å². The molecule has 5 heavy (non-hydrogen) atoms. The normalized spacial score (nSPS) is 3.20. The summed E-state index contributed by atoms with van der Waals surface area (Å²) in [6.45, 7) is 0. The van der Waals surface area contributed by atoms with Crippen LogP contribution in [0.15, 0.2) is 0 Å². The summed E-state index contributed by atoms with van der Waals surface area (Å²) in [6, 6.07) is 0. The second-order valence-electron chi connectivity index (χ2n) is 0.0680. The van der Waals surface area contributed by atoms with Gasteiger partial charge < -0.3 is 0 Å². The van der Waals surface area contributed by atoms with Crippen molar-refractivity contribution in [1.29, 1.82) is 0 Å². The third kappa shape index (κ3) is 21.8. The van der Waals surface area contributed by atoms with Crippen LogP contribution in [0.4, 0.5) is 0 Å². The summed E-state index contributed by atoms with van der Waals surface area (Å²) in [7, 11) is 8.68.